The molecular weight excluding hydrogens is 194 g/mol. The number of hydrogen-bond acceptors (Lipinski definition) is 5. The molecule has 70 valence electrons. The third kappa shape index (κ3) is 1.78. The van der Waals surface area contributed by atoms with Crippen molar-refractivity contribution in [3.8, 4) is 5.19 Å². The van der Waals surface area contributed by atoms with Crippen molar-refractivity contribution in [2.75, 3.05) is 13.2 Å². The van der Waals surface area contributed by atoms with E-state index < -0.39 is 5.97 Å². The van der Waals surface area contributed by atoms with E-state index >= 15 is 0 Å². The summed E-state index contributed by atoms with van der Waals surface area (Å²) in [4.78, 5) is 14.2. The third-order valence-corrected chi connectivity index (χ3v) is 2.31. The average molecular weight is 201 g/mol. The van der Waals surface area contributed by atoms with Crippen LogP contribution in [0.4, 0.5) is 0 Å². The third-order valence-electron chi connectivity index (χ3n) is 1.58. The van der Waals surface area contributed by atoms with Crippen molar-refractivity contribution in [1.82, 2.24) is 4.98 Å². The summed E-state index contributed by atoms with van der Waals surface area (Å²) >= 11 is 1.19. The van der Waals surface area contributed by atoms with Crippen molar-refractivity contribution in [3.05, 3.63) is 11.1 Å². The number of aromatic nitrogens is 1. The Morgan fingerprint density at radius 1 is 1.77 bits per heavy atom. The predicted octanol–water partition coefficient (Wildman–Crippen LogP) is 0.619. The number of thiazole rings is 1. The molecule has 0 spiro atoms. The Morgan fingerprint density at radius 3 is 3.00 bits per heavy atom. The summed E-state index contributed by atoms with van der Waals surface area (Å²) in [7, 11) is 0. The van der Waals surface area contributed by atoms with E-state index in [1.54, 1.807) is 0 Å². The van der Waals surface area contributed by atoms with E-state index in [0.717, 1.165) is 0 Å². The zero-order valence-electron chi connectivity index (χ0n) is 6.60. The molecule has 1 aromatic rings. The second-order valence-electron chi connectivity index (χ2n) is 2.58. The van der Waals surface area contributed by atoms with E-state index in [2.05, 4.69) is 4.98 Å². The molecule has 0 unspecified atom stereocenters. The maximum atomic E-state index is 10.4. The van der Waals surface area contributed by atoms with Gasteiger partial charge in [-0.2, -0.15) is 4.98 Å². The Bertz CT molecular complexity index is 320. The highest BCUT2D eigenvalue weighted by atomic mass is 32.1. The van der Waals surface area contributed by atoms with Crippen LogP contribution in [0.3, 0.4) is 0 Å². The van der Waals surface area contributed by atoms with Crippen LogP contribution in [0.2, 0.25) is 0 Å². The van der Waals surface area contributed by atoms with Gasteiger partial charge in [0.2, 0.25) is 0 Å². The molecular formula is C7H7NO4S. The normalized spacial score (nSPS) is 16.6. The van der Waals surface area contributed by atoms with Gasteiger partial charge in [-0.25, -0.2) is 4.79 Å². The lowest BCUT2D eigenvalue weighted by atomic mass is 10.3. The minimum atomic E-state index is -1.03. The molecule has 5 nitrogen and oxygen atoms in total. The highest BCUT2D eigenvalue weighted by molar-refractivity contribution is 7.11. The Balaban J connectivity index is 2.00. The molecule has 2 heterocycles. The summed E-state index contributed by atoms with van der Waals surface area (Å²) in [5.74, 6) is -1.03. The summed E-state index contributed by atoms with van der Waals surface area (Å²) in [5, 5.41) is 10.4. The van der Waals surface area contributed by atoms with Gasteiger partial charge in [0.1, 0.15) is 6.10 Å². The minimum absolute atomic E-state index is 0.0280. The molecule has 0 bridgehead atoms. The highest BCUT2D eigenvalue weighted by Gasteiger charge is 2.22. The number of carbonyl (C=O) groups is 1. The van der Waals surface area contributed by atoms with Gasteiger partial charge in [-0.1, -0.05) is 11.3 Å². The van der Waals surface area contributed by atoms with Crippen molar-refractivity contribution < 1.29 is 19.4 Å². The van der Waals surface area contributed by atoms with Crippen LogP contribution >= 0.6 is 11.3 Å². The van der Waals surface area contributed by atoms with Crippen LogP contribution in [0.5, 0.6) is 5.19 Å². The molecule has 1 N–H and O–H groups in total. The number of carboxylic acid groups (broad SMARTS) is 1. The molecule has 1 aliphatic rings. The summed E-state index contributed by atoms with van der Waals surface area (Å²) in [6, 6.07) is 0. The molecule has 6 heteroatoms. The summed E-state index contributed by atoms with van der Waals surface area (Å²) in [5.41, 5.74) is 0.0280. The van der Waals surface area contributed by atoms with E-state index in [4.69, 9.17) is 14.6 Å². The van der Waals surface area contributed by atoms with E-state index in [1.165, 1.54) is 16.7 Å². The lowest BCUT2D eigenvalue weighted by Gasteiger charge is -2.25. The fourth-order valence-electron chi connectivity index (χ4n) is 0.834. The van der Waals surface area contributed by atoms with Gasteiger partial charge in [0.25, 0.3) is 5.19 Å². The molecule has 13 heavy (non-hydrogen) atoms. The topological polar surface area (TPSA) is 68.7 Å². The Labute approximate surface area is 77.9 Å². The van der Waals surface area contributed by atoms with Crippen LogP contribution in [-0.2, 0) is 4.74 Å². The van der Waals surface area contributed by atoms with Gasteiger partial charge in [-0.05, 0) is 0 Å². The number of carboxylic acids is 1. The molecule has 1 saturated heterocycles. The van der Waals surface area contributed by atoms with Crippen molar-refractivity contribution in [3.63, 3.8) is 0 Å². The second-order valence-corrected chi connectivity index (χ2v) is 3.40. The molecule has 0 radical (unpaired) electrons. The fraction of sp³-hybridized carbons (Fsp3) is 0.429. The molecule has 0 aliphatic carbocycles. The monoisotopic (exact) mass is 201 g/mol. The van der Waals surface area contributed by atoms with Crippen molar-refractivity contribution in [2.45, 2.75) is 6.10 Å². The largest absolute Gasteiger partial charge is 0.476 e. The highest BCUT2D eigenvalue weighted by Crippen LogP contribution is 2.21. The SMILES string of the molecule is O=C(O)c1csc(OC2COC2)n1. The summed E-state index contributed by atoms with van der Waals surface area (Å²) in [6.45, 7) is 1.12. The van der Waals surface area contributed by atoms with Gasteiger partial charge in [0.05, 0.1) is 13.2 Å². The van der Waals surface area contributed by atoms with Crippen molar-refractivity contribution in [2.24, 2.45) is 0 Å². The van der Waals surface area contributed by atoms with Gasteiger partial charge in [-0.15, -0.1) is 0 Å². The summed E-state index contributed by atoms with van der Waals surface area (Å²) < 4.78 is 10.2. The van der Waals surface area contributed by atoms with Crippen molar-refractivity contribution >= 4 is 17.3 Å². The van der Waals surface area contributed by atoms with Crippen LogP contribution in [0.1, 0.15) is 10.5 Å². The standard InChI is InChI=1S/C7H7NO4S/c9-6(10)5-3-13-7(8-5)12-4-1-11-2-4/h3-4H,1-2H2,(H,9,10). The number of hydrogen-bond donors (Lipinski definition) is 1. The molecule has 0 aromatic carbocycles. The second kappa shape index (κ2) is 3.31. The maximum Gasteiger partial charge on any atom is 0.355 e. The van der Waals surface area contributed by atoms with Crippen LogP contribution in [-0.4, -0.2) is 35.4 Å². The van der Waals surface area contributed by atoms with Gasteiger partial charge in [0, 0.05) is 5.38 Å². The molecule has 0 saturated carbocycles. The van der Waals surface area contributed by atoms with Crippen LogP contribution in [0, 0.1) is 0 Å². The van der Waals surface area contributed by atoms with E-state index in [9.17, 15) is 4.79 Å². The first kappa shape index (κ1) is 8.46. The molecule has 0 atom stereocenters. The molecule has 1 aromatic heterocycles. The maximum absolute atomic E-state index is 10.4. The molecule has 1 aliphatic heterocycles. The molecule has 0 amide bonds. The first-order valence-corrected chi connectivity index (χ1v) is 4.57. The first-order chi connectivity index (χ1) is 6.25. The van der Waals surface area contributed by atoms with E-state index in [0.29, 0.717) is 18.4 Å². The number of aromatic carboxylic acids is 1. The van der Waals surface area contributed by atoms with Gasteiger partial charge in [0.15, 0.2) is 5.69 Å². The average Bonchev–Trinajstić information content (AvgIpc) is 2.44. The van der Waals surface area contributed by atoms with Gasteiger partial charge in [-0.3, -0.25) is 0 Å². The predicted molar refractivity (Wildman–Crippen MR) is 44.3 cm³/mol. The number of nitrogens with zero attached hydrogens (tertiary/aromatic N) is 1. The fourth-order valence-corrected chi connectivity index (χ4v) is 1.54. The van der Waals surface area contributed by atoms with Gasteiger partial charge < -0.3 is 14.6 Å². The molecule has 2 rings (SSSR count). The Morgan fingerprint density at radius 2 is 2.54 bits per heavy atom. The number of rotatable bonds is 3. The Kier molecular flexibility index (Phi) is 2.15. The van der Waals surface area contributed by atoms with Crippen LogP contribution in [0.15, 0.2) is 5.38 Å². The minimum Gasteiger partial charge on any atom is -0.476 e. The first-order valence-electron chi connectivity index (χ1n) is 3.69. The quantitative estimate of drug-likeness (QED) is 0.776. The van der Waals surface area contributed by atoms with Gasteiger partial charge >= 0.3 is 5.97 Å². The summed E-state index contributed by atoms with van der Waals surface area (Å²) in [6.07, 6.45) is 0.0350. The lowest BCUT2D eigenvalue weighted by Crippen LogP contribution is -2.38. The van der Waals surface area contributed by atoms with Crippen LogP contribution < -0.4 is 4.74 Å². The lowest BCUT2D eigenvalue weighted by molar-refractivity contribution is -0.0797. The smallest absolute Gasteiger partial charge is 0.355 e. The van der Waals surface area contributed by atoms with Crippen molar-refractivity contribution in [1.29, 1.82) is 0 Å². The zero-order valence-corrected chi connectivity index (χ0v) is 7.41. The van der Waals surface area contributed by atoms with E-state index in [1.807, 2.05) is 0 Å². The number of ether oxygens (including phenoxy) is 2. The molecule has 1 fully saturated rings. The van der Waals surface area contributed by atoms with E-state index in [-0.39, 0.29) is 11.8 Å². The van der Waals surface area contributed by atoms with Crippen LogP contribution in [0.25, 0.3) is 0 Å². The zero-order chi connectivity index (χ0) is 9.26. The Hall–Kier alpha value is -1.14.